The maximum absolute atomic E-state index is 13.2. The Labute approximate surface area is 264 Å². The van der Waals surface area contributed by atoms with E-state index >= 15 is 0 Å². The standard InChI is InChI=1S/C24H31NO23/c1-47-16-8(26)4-3-5(9(27)6(4)10(28)17(16)48-2)20(37,38)18(34)21(39,40)24(45,46)25(23(43,44)19(35)36)22(41,42)7-11(29)13(31)15(33)14(32)12(7)30/h5,18-19,26,28-46H,3H2,1-2H3. The first-order valence-electron chi connectivity index (χ1n) is 12.6. The van der Waals surface area contributed by atoms with Crippen LogP contribution in [0.4, 0.5) is 0 Å². The van der Waals surface area contributed by atoms with Crippen LogP contribution in [0.5, 0.6) is 51.7 Å². The number of hydrogen-bond acceptors (Lipinski definition) is 24. The molecule has 0 aliphatic heterocycles. The second-order valence-corrected chi connectivity index (χ2v) is 10.4. The van der Waals surface area contributed by atoms with Crippen molar-refractivity contribution in [2.45, 2.75) is 48.1 Å². The summed E-state index contributed by atoms with van der Waals surface area (Å²) in [6, 6.07) is 0. The van der Waals surface area contributed by atoms with Crippen LogP contribution in [0.25, 0.3) is 0 Å². The number of hydrogen-bond donors (Lipinski definition) is 20. The Bertz CT molecular complexity index is 1590. The minimum Gasteiger partial charge on any atom is -0.504 e. The van der Waals surface area contributed by atoms with E-state index in [1.165, 1.54) is 0 Å². The van der Waals surface area contributed by atoms with Gasteiger partial charge in [0.25, 0.3) is 23.5 Å². The normalized spacial score (nSPS) is 16.9. The molecule has 0 aromatic heterocycles. The number of methoxy groups -OCH3 is 2. The molecule has 1 aliphatic rings. The summed E-state index contributed by atoms with van der Waals surface area (Å²) in [5.41, 5.74) is -3.90. The molecule has 20 N–H and O–H groups in total. The second kappa shape index (κ2) is 11.7. The Morgan fingerprint density at radius 1 is 0.667 bits per heavy atom. The number of rotatable bonds is 11. The smallest absolute Gasteiger partial charge is 0.293 e. The summed E-state index contributed by atoms with van der Waals surface area (Å²) in [5.74, 6) is -43.5. The molecule has 3 rings (SSSR count). The fourth-order valence-corrected chi connectivity index (χ4v) is 5.13. The van der Waals surface area contributed by atoms with E-state index in [4.69, 9.17) is 9.47 Å². The van der Waals surface area contributed by atoms with Crippen LogP contribution in [0, 0.1) is 5.92 Å². The topological polar surface area (TPSA) is 443 Å². The molecule has 0 spiro atoms. The van der Waals surface area contributed by atoms with Gasteiger partial charge in [0.05, 0.1) is 25.7 Å². The Morgan fingerprint density at radius 2 is 1.08 bits per heavy atom. The predicted molar refractivity (Wildman–Crippen MR) is 140 cm³/mol. The van der Waals surface area contributed by atoms with Crippen molar-refractivity contribution in [2.24, 2.45) is 5.92 Å². The van der Waals surface area contributed by atoms with Crippen LogP contribution in [-0.2, 0) is 12.3 Å². The van der Waals surface area contributed by atoms with Gasteiger partial charge in [0.1, 0.15) is 5.56 Å². The van der Waals surface area contributed by atoms with Crippen LogP contribution < -0.4 is 9.47 Å². The van der Waals surface area contributed by atoms with Gasteiger partial charge in [-0.2, -0.15) is 0 Å². The summed E-state index contributed by atoms with van der Waals surface area (Å²) >= 11 is 0. The Balaban J connectivity index is 2.25. The monoisotopic (exact) mass is 701 g/mol. The molecule has 0 saturated carbocycles. The summed E-state index contributed by atoms with van der Waals surface area (Å²) in [6.07, 6.45) is -9.22. The third-order valence-corrected chi connectivity index (χ3v) is 7.64. The summed E-state index contributed by atoms with van der Waals surface area (Å²) in [5, 5.41) is 207. The molecule has 0 bridgehead atoms. The van der Waals surface area contributed by atoms with E-state index in [2.05, 4.69) is 0 Å². The highest BCUT2D eigenvalue weighted by molar-refractivity contribution is 6.07. The first-order valence-corrected chi connectivity index (χ1v) is 12.6. The number of carbonyl (C=O) groups excluding carboxylic acids is 1. The molecule has 2 aromatic carbocycles. The molecule has 2 unspecified atom stereocenters. The van der Waals surface area contributed by atoms with Crippen LogP contribution >= 0.6 is 0 Å². The number of carbonyl (C=O) groups is 1. The minimum atomic E-state index is -5.60. The number of ether oxygens (including phenoxy) is 2. The van der Waals surface area contributed by atoms with Gasteiger partial charge < -0.3 is 112 Å². The van der Waals surface area contributed by atoms with Crippen molar-refractivity contribution >= 4 is 5.78 Å². The quantitative estimate of drug-likeness (QED) is 0.0587. The lowest BCUT2D eigenvalue weighted by Crippen LogP contribution is -2.82. The molecule has 270 valence electrons. The number of aliphatic hydroxyl groups is 13. The number of aliphatic hydroxyl groups excluding tert-OH is 2. The fourth-order valence-electron chi connectivity index (χ4n) is 5.13. The number of fused-ring (bicyclic) bond motifs is 1. The maximum Gasteiger partial charge on any atom is 0.293 e. The first-order chi connectivity index (χ1) is 21.6. The highest BCUT2D eigenvalue weighted by Crippen LogP contribution is 2.57. The SMILES string of the molecule is COc1c(O)c2c(c(O)c1OC)C(=O)C(C(O)(O)C(O)C(O)(O)C(O)(O)N(C(O)(O)c1c(O)c(O)c(O)c(O)c1O)C(O)(O)C(O)O)C2. The molecule has 2 atom stereocenters. The molecule has 2 aromatic rings. The third-order valence-electron chi connectivity index (χ3n) is 7.64. The molecule has 24 heteroatoms. The number of phenolic OH excluding ortho intramolecular Hbond substituents is 7. The first kappa shape index (κ1) is 38.2. The molecule has 0 radical (unpaired) electrons. The molecule has 48 heavy (non-hydrogen) atoms. The highest BCUT2D eigenvalue weighted by Gasteiger charge is 2.73. The van der Waals surface area contributed by atoms with Crippen molar-refractivity contribution in [1.29, 1.82) is 0 Å². The minimum absolute atomic E-state index is 0.604. The summed E-state index contributed by atoms with van der Waals surface area (Å²) in [7, 11) is 1.92. The van der Waals surface area contributed by atoms with Crippen LogP contribution in [-0.4, -0.2) is 163 Å². The number of ketones is 1. The van der Waals surface area contributed by atoms with E-state index in [9.17, 15) is 107 Å². The van der Waals surface area contributed by atoms with E-state index in [-0.39, 0.29) is 0 Å². The molecule has 0 saturated heterocycles. The zero-order valence-corrected chi connectivity index (χ0v) is 24.1. The average Bonchev–Trinajstić information content (AvgIpc) is 3.33. The lowest BCUT2D eigenvalue weighted by Gasteiger charge is -2.53. The number of benzene rings is 2. The van der Waals surface area contributed by atoms with Crippen LogP contribution in [0.15, 0.2) is 0 Å². The summed E-state index contributed by atoms with van der Waals surface area (Å²) < 4.78 is 9.71. The Kier molecular flexibility index (Phi) is 9.32. The zero-order valence-electron chi connectivity index (χ0n) is 24.1. The van der Waals surface area contributed by atoms with Crippen molar-refractivity contribution < 1.29 is 116 Å². The van der Waals surface area contributed by atoms with Gasteiger partial charge in [-0.1, -0.05) is 0 Å². The maximum atomic E-state index is 13.2. The van der Waals surface area contributed by atoms with E-state index in [0.29, 0.717) is 0 Å². The van der Waals surface area contributed by atoms with Crippen LogP contribution in [0.1, 0.15) is 21.5 Å². The second-order valence-electron chi connectivity index (χ2n) is 10.4. The lowest BCUT2D eigenvalue weighted by atomic mass is 9.84. The van der Waals surface area contributed by atoms with E-state index in [0.717, 1.165) is 14.2 Å². The highest BCUT2D eigenvalue weighted by atomic mass is 16.7. The lowest BCUT2D eigenvalue weighted by molar-refractivity contribution is -0.558. The molecule has 1 aliphatic carbocycles. The van der Waals surface area contributed by atoms with Crippen molar-refractivity contribution in [3.8, 4) is 51.7 Å². The summed E-state index contributed by atoms with van der Waals surface area (Å²) in [6.45, 7) is 0. The van der Waals surface area contributed by atoms with Crippen molar-refractivity contribution in [3.05, 3.63) is 16.7 Å². The van der Waals surface area contributed by atoms with Gasteiger partial charge in [-0.25, -0.2) is 0 Å². The number of aromatic hydroxyl groups is 7. The molecule has 0 amide bonds. The van der Waals surface area contributed by atoms with Crippen LogP contribution in [0.3, 0.4) is 0 Å². The van der Waals surface area contributed by atoms with Crippen molar-refractivity contribution in [1.82, 2.24) is 4.90 Å². The number of Topliss-reactive ketones (excluding diaryl/α,β-unsaturated/α-hetero) is 1. The molecular weight excluding hydrogens is 670 g/mol. The van der Waals surface area contributed by atoms with Gasteiger partial charge >= 0.3 is 0 Å². The molecular formula is C24H31NO23. The van der Waals surface area contributed by atoms with E-state index < -0.39 is 133 Å². The third kappa shape index (κ3) is 5.09. The molecule has 0 heterocycles. The van der Waals surface area contributed by atoms with Crippen LogP contribution in [0.2, 0.25) is 0 Å². The zero-order chi connectivity index (χ0) is 37.4. The predicted octanol–water partition coefficient (Wildman–Crippen LogP) is -7.59. The van der Waals surface area contributed by atoms with Gasteiger partial charge in [0, 0.05) is 5.56 Å². The van der Waals surface area contributed by atoms with E-state index in [1.54, 1.807) is 0 Å². The number of nitrogens with zero attached hydrogens (tertiary/aromatic N) is 1. The summed E-state index contributed by atoms with van der Waals surface area (Å²) in [4.78, 5) is 11.3. The van der Waals surface area contributed by atoms with Gasteiger partial charge in [0.2, 0.25) is 40.8 Å². The van der Waals surface area contributed by atoms with Gasteiger partial charge in [-0.3, -0.25) is 4.79 Å². The van der Waals surface area contributed by atoms with Gasteiger partial charge in [-0.15, -0.1) is 4.90 Å². The molecule has 24 nitrogen and oxygen atoms in total. The van der Waals surface area contributed by atoms with E-state index in [1.807, 2.05) is 0 Å². The Morgan fingerprint density at radius 3 is 1.50 bits per heavy atom. The average molecular weight is 701 g/mol. The largest absolute Gasteiger partial charge is 0.504 e. The molecule has 0 fully saturated rings. The van der Waals surface area contributed by atoms with Crippen molar-refractivity contribution in [2.75, 3.05) is 14.2 Å². The van der Waals surface area contributed by atoms with Gasteiger partial charge in [-0.05, 0) is 6.42 Å². The van der Waals surface area contributed by atoms with Crippen molar-refractivity contribution in [3.63, 3.8) is 0 Å². The Hall–Kier alpha value is -4.25. The van der Waals surface area contributed by atoms with Gasteiger partial charge in [0.15, 0.2) is 34.9 Å². The number of phenols is 7. The fraction of sp³-hybridized carbons (Fsp3) is 0.458.